The predicted molar refractivity (Wildman–Crippen MR) is 70.1 cm³/mol. The van der Waals surface area contributed by atoms with Gasteiger partial charge in [-0.2, -0.15) is 4.98 Å². The number of aliphatic hydroxyl groups is 1. The molecule has 7 nitrogen and oxygen atoms in total. The monoisotopic (exact) mass is 265 g/mol. The van der Waals surface area contributed by atoms with Gasteiger partial charge in [0, 0.05) is 18.7 Å². The molecule has 0 spiro atoms. The molecular weight excluding hydrogens is 250 g/mol. The number of benzene rings is 1. The van der Waals surface area contributed by atoms with Crippen LogP contribution in [0.2, 0.25) is 0 Å². The van der Waals surface area contributed by atoms with Crippen LogP contribution in [0.5, 0.6) is 0 Å². The summed E-state index contributed by atoms with van der Waals surface area (Å²) in [6, 6.07) is 4.92. The number of fused-ring (bicyclic) bond motifs is 1. The molecule has 7 heteroatoms. The summed E-state index contributed by atoms with van der Waals surface area (Å²) < 4.78 is 5.42. The highest BCUT2D eigenvalue weighted by atomic mass is 16.6. The fourth-order valence-electron chi connectivity index (χ4n) is 1.82. The Labute approximate surface area is 109 Å². The number of hydrogen-bond acceptors (Lipinski definition) is 6. The van der Waals surface area contributed by atoms with Crippen LogP contribution < -0.4 is 5.32 Å². The third-order valence-corrected chi connectivity index (χ3v) is 2.76. The number of aromatic nitrogens is 1. The highest BCUT2D eigenvalue weighted by Gasteiger charge is 2.17. The highest BCUT2D eigenvalue weighted by Crippen LogP contribution is 2.27. The van der Waals surface area contributed by atoms with Crippen molar-refractivity contribution in [1.29, 1.82) is 0 Å². The quantitative estimate of drug-likeness (QED) is 0.613. The Balaban J connectivity index is 2.22. The van der Waals surface area contributed by atoms with Crippen molar-refractivity contribution in [2.75, 3.05) is 11.9 Å². The zero-order valence-electron chi connectivity index (χ0n) is 10.5. The number of oxazole rings is 1. The second-order valence-electron chi connectivity index (χ2n) is 4.31. The molecule has 2 aromatic rings. The van der Waals surface area contributed by atoms with E-state index in [0.717, 1.165) is 6.42 Å². The Kier molecular flexibility index (Phi) is 3.96. The summed E-state index contributed by atoms with van der Waals surface area (Å²) in [6.45, 7) is 2.06. The molecular formula is C12H15N3O4. The number of nitrogens with one attached hydrogen (secondary N) is 1. The van der Waals surface area contributed by atoms with Gasteiger partial charge in [0.25, 0.3) is 11.7 Å². The van der Waals surface area contributed by atoms with Gasteiger partial charge in [0.1, 0.15) is 0 Å². The Hall–Kier alpha value is -2.15. The first-order valence-corrected chi connectivity index (χ1v) is 6.03. The number of hydrogen-bond donors (Lipinski definition) is 2. The lowest BCUT2D eigenvalue weighted by molar-refractivity contribution is -0.383. The molecule has 0 bridgehead atoms. The number of nitro benzene ring substituents is 1. The summed E-state index contributed by atoms with van der Waals surface area (Å²) in [7, 11) is 0. The summed E-state index contributed by atoms with van der Waals surface area (Å²) in [5.74, 6) is 0. The van der Waals surface area contributed by atoms with E-state index in [9.17, 15) is 10.1 Å². The molecule has 0 saturated carbocycles. The van der Waals surface area contributed by atoms with E-state index < -0.39 is 4.92 Å². The van der Waals surface area contributed by atoms with Crippen molar-refractivity contribution in [1.82, 2.24) is 4.98 Å². The van der Waals surface area contributed by atoms with Gasteiger partial charge < -0.3 is 14.8 Å². The molecule has 0 amide bonds. The van der Waals surface area contributed by atoms with E-state index in [2.05, 4.69) is 10.3 Å². The average molecular weight is 265 g/mol. The van der Waals surface area contributed by atoms with E-state index >= 15 is 0 Å². The second kappa shape index (κ2) is 5.66. The van der Waals surface area contributed by atoms with E-state index in [0.29, 0.717) is 12.0 Å². The zero-order valence-corrected chi connectivity index (χ0v) is 10.5. The molecule has 19 heavy (non-hydrogen) atoms. The summed E-state index contributed by atoms with van der Waals surface area (Å²) in [5, 5.41) is 22.6. The zero-order chi connectivity index (χ0) is 13.8. The van der Waals surface area contributed by atoms with E-state index in [-0.39, 0.29) is 29.9 Å². The van der Waals surface area contributed by atoms with Crippen LogP contribution in [0.3, 0.4) is 0 Å². The van der Waals surface area contributed by atoms with Crippen LogP contribution >= 0.6 is 0 Å². The minimum absolute atomic E-state index is 0.0688. The van der Waals surface area contributed by atoms with Crippen LogP contribution in [0.25, 0.3) is 11.1 Å². The molecule has 2 N–H and O–H groups in total. The van der Waals surface area contributed by atoms with Crippen LogP contribution in [0.1, 0.15) is 19.8 Å². The molecule has 1 atom stereocenters. The minimum Gasteiger partial charge on any atom is -0.423 e. The third kappa shape index (κ3) is 3.00. The van der Waals surface area contributed by atoms with Gasteiger partial charge in [-0.15, -0.1) is 0 Å². The van der Waals surface area contributed by atoms with Crippen LogP contribution in [-0.2, 0) is 0 Å². The second-order valence-corrected chi connectivity index (χ2v) is 4.31. The molecule has 0 fully saturated rings. The highest BCUT2D eigenvalue weighted by molar-refractivity contribution is 5.84. The van der Waals surface area contributed by atoms with Crippen molar-refractivity contribution in [2.45, 2.75) is 25.8 Å². The van der Waals surface area contributed by atoms with Gasteiger partial charge in [0.15, 0.2) is 11.1 Å². The van der Waals surface area contributed by atoms with Crippen molar-refractivity contribution in [3.63, 3.8) is 0 Å². The lowest BCUT2D eigenvalue weighted by Gasteiger charge is -2.10. The lowest BCUT2D eigenvalue weighted by atomic mass is 10.2. The van der Waals surface area contributed by atoms with E-state index in [1.165, 1.54) is 6.07 Å². The lowest BCUT2D eigenvalue weighted by Crippen LogP contribution is -2.15. The summed E-state index contributed by atoms with van der Waals surface area (Å²) >= 11 is 0. The van der Waals surface area contributed by atoms with Gasteiger partial charge >= 0.3 is 0 Å². The molecule has 102 valence electrons. The predicted octanol–water partition coefficient (Wildman–Crippen LogP) is 2.31. The maximum Gasteiger partial charge on any atom is 0.298 e. The normalized spacial score (nSPS) is 12.5. The van der Waals surface area contributed by atoms with Gasteiger partial charge in [0.2, 0.25) is 0 Å². The Bertz CT molecular complexity index is 581. The number of non-ortho nitro benzene ring substituents is 1. The number of anilines is 1. The van der Waals surface area contributed by atoms with Gasteiger partial charge in [0.05, 0.1) is 4.92 Å². The molecule has 1 aromatic heterocycles. The molecule has 2 rings (SSSR count). The maximum absolute atomic E-state index is 10.9. The van der Waals surface area contributed by atoms with Crippen LogP contribution in [0.15, 0.2) is 22.6 Å². The fourth-order valence-corrected chi connectivity index (χ4v) is 1.82. The number of nitro groups is 1. The summed E-state index contributed by atoms with van der Waals surface area (Å²) in [6.07, 6.45) is 1.44. The molecule has 0 aliphatic heterocycles. The molecule has 1 unspecified atom stereocenters. The van der Waals surface area contributed by atoms with Crippen molar-refractivity contribution in [3.05, 3.63) is 28.3 Å². The average Bonchev–Trinajstić information content (AvgIpc) is 2.77. The number of nitrogens with zero attached hydrogens (tertiary/aromatic N) is 2. The largest absolute Gasteiger partial charge is 0.423 e. The first-order chi connectivity index (χ1) is 9.11. The third-order valence-electron chi connectivity index (χ3n) is 2.76. The molecule has 0 aliphatic carbocycles. The smallest absolute Gasteiger partial charge is 0.298 e. The van der Waals surface area contributed by atoms with Gasteiger partial charge in [-0.3, -0.25) is 10.1 Å². The standard InChI is InChI=1S/C12H15N3O4/c1-8(4-3-7-16)13-12-14-11-9(15(17)18)5-2-6-10(11)19-12/h2,5-6,8,16H,3-4,7H2,1H3,(H,13,14). The molecule has 1 heterocycles. The molecule has 0 saturated heterocycles. The number of rotatable bonds is 6. The van der Waals surface area contributed by atoms with Gasteiger partial charge in [-0.25, -0.2) is 0 Å². The minimum atomic E-state index is -0.482. The van der Waals surface area contributed by atoms with E-state index in [1.807, 2.05) is 6.92 Å². The molecule has 1 aromatic carbocycles. The van der Waals surface area contributed by atoms with E-state index in [4.69, 9.17) is 9.52 Å². The fraction of sp³-hybridized carbons (Fsp3) is 0.417. The topological polar surface area (TPSA) is 101 Å². The van der Waals surface area contributed by atoms with Crippen molar-refractivity contribution in [2.24, 2.45) is 0 Å². The van der Waals surface area contributed by atoms with Crippen LogP contribution in [-0.4, -0.2) is 27.7 Å². The first-order valence-electron chi connectivity index (χ1n) is 6.03. The van der Waals surface area contributed by atoms with Crippen molar-refractivity contribution in [3.8, 4) is 0 Å². The summed E-state index contributed by atoms with van der Waals surface area (Å²) in [4.78, 5) is 14.5. The number of aliphatic hydroxyl groups excluding tert-OH is 1. The van der Waals surface area contributed by atoms with Crippen LogP contribution in [0.4, 0.5) is 11.7 Å². The molecule has 0 radical (unpaired) electrons. The van der Waals surface area contributed by atoms with Crippen molar-refractivity contribution >= 4 is 22.8 Å². The Morgan fingerprint density at radius 1 is 1.58 bits per heavy atom. The Morgan fingerprint density at radius 2 is 2.37 bits per heavy atom. The number of para-hydroxylation sites is 1. The SMILES string of the molecule is CC(CCCO)Nc1nc2c([N+](=O)[O-])cccc2o1. The summed E-state index contributed by atoms with van der Waals surface area (Å²) in [5.41, 5.74) is 0.549. The van der Waals surface area contributed by atoms with Crippen LogP contribution in [0, 0.1) is 10.1 Å². The van der Waals surface area contributed by atoms with Gasteiger partial charge in [-0.05, 0) is 25.8 Å². The maximum atomic E-state index is 10.9. The Morgan fingerprint density at radius 3 is 3.05 bits per heavy atom. The van der Waals surface area contributed by atoms with Crippen molar-refractivity contribution < 1.29 is 14.4 Å². The van der Waals surface area contributed by atoms with Gasteiger partial charge in [-0.1, -0.05) is 6.07 Å². The first kappa shape index (κ1) is 13.3. The van der Waals surface area contributed by atoms with E-state index in [1.54, 1.807) is 12.1 Å². The molecule has 0 aliphatic rings.